The molecule has 5 nitrogen and oxygen atoms in total. The Morgan fingerprint density at radius 1 is 1.11 bits per heavy atom. The zero-order valence-electron chi connectivity index (χ0n) is 11.2. The molecular formula is C13H21N3O2S. The monoisotopic (exact) mass is 283 g/mol. The van der Waals surface area contributed by atoms with E-state index in [0.717, 1.165) is 25.3 Å². The Labute approximate surface area is 115 Å². The molecule has 0 bridgehead atoms. The van der Waals surface area contributed by atoms with Crippen molar-refractivity contribution < 1.29 is 8.42 Å². The molecule has 1 aromatic rings. The van der Waals surface area contributed by atoms with Crippen LogP contribution in [0.5, 0.6) is 0 Å². The van der Waals surface area contributed by atoms with Gasteiger partial charge in [-0.25, -0.2) is 8.42 Å². The fourth-order valence-electron chi connectivity index (χ4n) is 2.23. The second-order valence-electron chi connectivity index (χ2n) is 4.82. The summed E-state index contributed by atoms with van der Waals surface area (Å²) in [6.07, 6.45) is 0. The van der Waals surface area contributed by atoms with Crippen molar-refractivity contribution in [2.75, 3.05) is 37.7 Å². The first kappa shape index (κ1) is 14.3. The molecule has 1 fully saturated rings. The summed E-state index contributed by atoms with van der Waals surface area (Å²) >= 11 is 0. The number of sulfonamides is 1. The van der Waals surface area contributed by atoms with Crippen LogP contribution in [0.25, 0.3) is 0 Å². The molecule has 0 radical (unpaired) electrons. The SMILES string of the molecule is CCS(=O)(=O)N1CCN(Cc2ccc(N)cc2)CC1. The average Bonchev–Trinajstić information content (AvgIpc) is 2.42. The Kier molecular flexibility index (Phi) is 4.44. The van der Waals surface area contributed by atoms with Crippen molar-refractivity contribution in [1.29, 1.82) is 0 Å². The predicted molar refractivity (Wildman–Crippen MR) is 77.2 cm³/mol. The number of nitrogen functional groups attached to an aromatic ring is 1. The van der Waals surface area contributed by atoms with Crippen LogP contribution in [0.4, 0.5) is 5.69 Å². The van der Waals surface area contributed by atoms with Gasteiger partial charge in [-0.2, -0.15) is 4.31 Å². The molecule has 19 heavy (non-hydrogen) atoms. The summed E-state index contributed by atoms with van der Waals surface area (Å²) in [5.74, 6) is 0.185. The molecule has 106 valence electrons. The van der Waals surface area contributed by atoms with Gasteiger partial charge in [-0.1, -0.05) is 12.1 Å². The van der Waals surface area contributed by atoms with Gasteiger partial charge < -0.3 is 5.73 Å². The molecule has 0 unspecified atom stereocenters. The molecule has 1 aromatic carbocycles. The van der Waals surface area contributed by atoms with E-state index in [1.54, 1.807) is 11.2 Å². The van der Waals surface area contributed by atoms with Gasteiger partial charge >= 0.3 is 0 Å². The maximum Gasteiger partial charge on any atom is 0.213 e. The number of nitrogens with two attached hydrogens (primary N) is 1. The molecule has 1 heterocycles. The normalized spacial score (nSPS) is 18.6. The van der Waals surface area contributed by atoms with Gasteiger partial charge in [-0.15, -0.1) is 0 Å². The number of anilines is 1. The fraction of sp³-hybridized carbons (Fsp3) is 0.538. The van der Waals surface area contributed by atoms with Gasteiger partial charge in [0.15, 0.2) is 0 Å². The summed E-state index contributed by atoms with van der Waals surface area (Å²) in [6.45, 7) is 5.28. The minimum absolute atomic E-state index is 0.185. The zero-order valence-corrected chi connectivity index (χ0v) is 12.1. The summed E-state index contributed by atoms with van der Waals surface area (Å²) in [7, 11) is -3.03. The van der Waals surface area contributed by atoms with E-state index in [1.165, 1.54) is 5.56 Å². The van der Waals surface area contributed by atoms with Crippen LogP contribution >= 0.6 is 0 Å². The number of hydrogen-bond acceptors (Lipinski definition) is 4. The lowest BCUT2D eigenvalue weighted by Crippen LogP contribution is -2.48. The van der Waals surface area contributed by atoms with Crippen LogP contribution in [0.15, 0.2) is 24.3 Å². The highest BCUT2D eigenvalue weighted by molar-refractivity contribution is 7.89. The molecule has 6 heteroatoms. The van der Waals surface area contributed by atoms with Crippen molar-refractivity contribution in [3.05, 3.63) is 29.8 Å². The van der Waals surface area contributed by atoms with Crippen molar-refractivity contribution in [3.8, 4) is 0 Å². The van der Waals surface area contributed by atoms with Gasteiger partial charge in [-0.3, -0.25) is 4.90 Å². The van der Waals surface area contributed by atoms with E-state index >= 15 is 0 Å². The minimum Gasteiger partial charge on any atom is -0.399 e. The van der Waals surface area contributed by atoms with Gasteiger partial charge in [-0.05, 0) is 24.6 Å². The maximum absolute atomic E-state index is 11.8. The number of benzene rings is 1. The van der Waals surface area contributed by atoms with Crippen molar-refractivity contribution in [3.63, 3.8) is 0 Å². The van der Waals surface area contributed by atoms with Crippen molar-refractivity contribution in [2.24, 2.45) is 0 Å². The van der Waals surface area contributed by atoms with Crippen LogP contribution in [-0.2, 0) is 16.6 Å². The summed E-state index contributed by atoms with van der Waals surface area (Å²) in [4.78, 5) is 2.27. The van der Waals surface area contributed by atoms with Crippen molar-refractivity contribution >= 4 is 15.7 Å². The number of nitrogens with zero attached hydrogens (tertiary/aromatic N) is 2. The predicted octanol–water partition coefficient (Wildman–Crippen LogP) is 0.736. The van der Waals surface area contributed by atoms with Crippen LogP contribution in [-0.4, -0.2) is 49.6 Å². The second kappa shape index (κ2) is 5.90. The molecule has 2 rings (SSSR count). The highest BCUT2D eigenvalue weighted by Gasteiger charge is 2.25. The van der Waals surface area contributed by atoms with Crippen LogP contribution in [0.1, 0.15) is 12.5 Å². The van der Waals surface area contributed by atoms with Gasteiger partial charge in [0.1, 0.15) is 0 Å². The molecule has 0 spiro atoms. The Morgan fingerprint density at radius 2 is 1.68 bits per heavy atom. The Hall–Kier alpha value is -1.11. The van der Waals surface area contributed by atoms with Crippen molar-refractivity contribution in [2.45, 2.75) is 13.5 Å². The molecule has 1 saturated heterocycles. The van der Waals surface area contributed by atoms with E-state index in [1.807, 2.05) is 24.3 Å². The molecule has 0 saturated carbocycles. The quantitative estimate of drug-likeness (QED) is 0.828. The number of piperazine rings is 1. The van der Waals surface area contributed by atoms with Crippen LogP contribution < -0.4 is 5.73 Å². The summed E-state index contributed by atoms with van der Waals surface area (Å²) < 4.78 is 25.1. The lowest BCUT2D eigenvalue weighted by Gasteiger charge is -2.33. The highest BCUT2D eigenvalue weighted by atomic mass is 32.2. The Bertz CT molecular complexity index is 505. The Morgan fingerprint density at radius 3 is 2.21 bits per heavy atom. The largest absolute Gasteiger partial charge is 0.399 e. The van der Waals surface area contributed by atoms with Crippen molar-refractivity contribution in [1.82, 2.24) is 9.21 Å². The molecule has 2 N–H and O–H groups in total. The molecule has 1 aliphatic heterocycles. The smallest absolute Gasteiger partial charge is 0.213 e. The van der Waals surface area contributed by atoms with E-state index in [4.69, 9.17) is 5.73 Å². The van der Waals surface area contributed by atoms with E-state index in [9.17, 15) is 8.42 Å². The molecule has 0 atom stereocenters. The third kappa shape index (κ3) is 3.68. The number of hydrogen-bond donors (Lipinski definition) is 1. The highest BCUT2D eigenvalue weighted by Crippen LogP contribution is 2.12. The van der Waals surface area contributed by atoms with Crippen LogP contribution in [0, 0.1) is 0 Å². The maximum atomic E-state index is 11.8. The molecule has 0 amide bonds. The van der Waals surface area contributed by atoms with Gasteiger partial charge in [0.25, 0.3) is 0 Å². The third-order valence-electron chi connectivity index (χ3n) is 3.48. The van der Waals surface area contributed by atoms with Gasteiger partial charge in [0, 0.05) is 38.4 Å². The second-order valence-corrected chi connectivity index (χ2v) is 7.07. The van der Waals surface area contributed by atoms with Crippen LogP contribution in [0.2, 0.25) is 0 Å². The molecule has 1 aliphatic rings. The van der Waals surface area contributed by atoms with E-state index in [0.29, 0.717) is 13.1 Å². The standard InChI is InChI=1S/C13H21N3O2S/c1-2-19(17,18)16-9-7-15(8-10-16)11-12-3-5-13(14)6-4-12/h3-6H,2,7-11,14H2,1H3. The lowest BCUT2D eigenvalue weighted by atomic mass is 10.2. The zero-order chi connectivity index (χ0) is 13.9. The molecule has 0 aliphatic carbocycles. The van der Waals surface area contributed by atoms with E-state index in [2.05, 4.69) is 4.90 Å². The lowest BCUT2D eigenvalue weighted by molar-refractivity contribution is 0.182. The van der Waals surface area contributed by atoms with Gasteiger partial charge in [0.05, 0.1) is 5.75 Å². The summed E-state index contributed by atoms with van der Waals surface area (Å²) in [6, 6.07) is 7.83. The first-order valence-electron chi connectivity index (χ1n) is 6.56. The summed E-state index contributed by atoms with van der Waals surface area (Å²) in [5, 5.41) is 0. The summed E-state index contributed by atoms with van der Waals surface area (Å²) in [5.41, 5.74) is 7.63. The van der Waals surface area contributed by atoms with Gasteiger partial charge in [0.2, 0.25) is 10.0 Å². The molecular weight excluding hydrogens is 262 g/mol. The third-order valence-corrected chi connectivity index (χ3v) is 5.36. The minimum atomic E-state index is -3.03. The fourth-order valence-corrected chi connectivity index (χ4v) is 3.31. The average molecular weight is 283 g/mol. The first-order valence-corrected chi connectivity index (χ1v) is 8.17. The number of rotatable bonds is 4. The van der Waals surface area contributed by atoms with Crippen LogP contribution in [0.3, 0.4) is 0 Å². The molecule has 0 aromatic heterocycles. The first-order chi connectivity index (χ1) is 9.01. The van der Waals surface area contributed by atoms with E-state index < -0.39 is 10.0 Å². The Balaban J connectivity index is 1.89. The van der Waals surface area contributed by atoms with E-state index in [-0.39, 0.29) is 5.75 Å². The topological polar surface area (TPSA) is 66.6 Å².